The zero-order valence-electron chi connectivity index (χ0n) is 13.9. The first-order valence-electron chi connectivity index (χ1n) is 8.00. The predicted molar refractivity (Wildman–Crippen MR) is 98.2 cm³/mol. The molecule has 0 spiro atoms. The summed E-state index contributed by atoms with van der Waals surface area (Å²) in [6.45, 7) is 0.351. The monoisotopic (exact) mass is 347 g/mol. The van der Waals surface area contributed by atoms with Crippen LogP contribution >= 0.6 is 0 Å². The van der Waals surface area contributed by atoms with E-state index in [1.165, 1.54) is 12.3 Å². The average Bonchev–Trinajstić information content (AvgIpc) is 3.21. The van der Waals surface area contributed by atoms with E-state index < -0.39 is 0 Å². The van der Waals surface area contributed by atoms with Crippen LogP contribution in [0.3, 0.4) is 0 Å². The number of amides is 2. The van der Waals surface area contributed by atoms with Gasteiger partial charge in [-0.05, 0) is 53.6 Å². The summed E-state index contributed by atoms with van der Waals surface area (Å²) in [5.74, 6) is -0.284. The fourth-order valence-electron chi connectivity index (χ4n) is 2.25. The van der Waals surface area contributed by atoms with E-state index in [4.69, 9.17) is 4.42 Å². The van der Waals surface area contributed by atoms with Gasteiger partial charge in [0.05, 0.1) is 6.26 Å². The smallest absolute Gasteiger partial charge is 0.291 e. The van der Waals surface area contributed by atoms with Crippen LogP contribution in [0.1, 0.15) is 21.7 Å². The van der Waals surface area contributed by atoms with Crippen molar-refractivity contribution in [1.29, 1.82) is 0 Å². The molecule has 1 aromatic carbocycles. The molecule has 130 valence electrons. The maximum atomic E-state index is 12.0. The van der Waals surface area contributed by atoms with Crippen LogP contribution in [0.4, 0.5) is 5.69 Å². The topological polar surface area (TPSA) is 84.2 Å². The average molecular weight is 347 g/mol. The Morgan fingerprint density at radius 2 is 1.92 bits per heavy atom. The second-order valence-electron chi connectivity index (χ2n) is 5.46. The molecule has 26 heavy (non-hydrogen) atoms. The molecule has 6 nitrogen and oxygen atoms in total. The number of hydrogen-bond donors (Lipinski definition) is 2. The maximum absolute atomic E-state index is 12.0. The van der Waals surface area contributed by atoms with Crippen molar-refractivity contribution < 1.29 is 14.0 Å². The molecule has 3 aromatic rings. The second kappa shape index (κ2) is 8.43. The first-order valence-corrected chi connectivity index (χ1v) is 8.00. The Bertz CT molecular complexity index is 903. The van der Waals surface area contributed by atoms with E-state index in [9.17, 15) is 9.59 Å². The summed E-state index contributed by atoms with van der Waals surface area (Å²) < 4.78 is 5.06. The number of carbonyl (C=O) groups excluding carboxylic acids is 2. The Balaban J connectivity index is 1.54. The SMILES string of the molecule is O=C(/C=C/c1ccncc1)NCc1cccc(NC(=O)c2ccco2)c1. The summed E-state index contributed by atoms with van der Waals surface area (Å²) in [6, 6.07) is 14.1. The molecule has 0 radical (unpaired) electrons. The number of rotatable bonds is 6. The molecule has 2 N–H and O–H groups in total. The molecule has 0 aliphatic rings. The minimum atomic E-state index is -0.323. The number of benzene rings is 1. The number of carbonyl (C=O) groups is 2. The molecule has 0 bridgehead atoms. The lowest BCUT2D eigenvalue weighted by Crippen LogP contribution is -2.20. The highest BCUT2D eigenvalue weighted by Crippen LogP contribution is 2.12. The summed E-state index contributed by atoms with van der Waals surface area (Å²) in [4.78, 5) is 27.8. The molecule has 2 amide bonds. The Morgan fingerprint density at radius 1 is 1.08 bits per heavy atom. The highest BCUT2D eigenvalue weighted by atomic mass is 16.3. The lowest BCUT2D eigenvalue weighted by molar-refractivity contribution is -0.116. The van der Waals surface area contributed by atoms with Crippen molar-refractivity contribution in [2.45, 2.75) is 6.54 Å². The first-order chi connectivity index (χ1) is 12.7. The molecular formula is C20H17N3O3. The van der Waals surface area contributed by atoms with E-state index in [0.29, 0.717) is 12.2 Å². The third-order valence-corrected chi connectivity index (χ3v) is 3.53. The Kier molecular flexibility index (Phi) is 5.57. The van der Waals surface area contributed by atoms with Crippen molar-refractivity contribution in [1.82, 2.24) is 10.3 Å². The minimum absolute atomic E-state index is 0.202. The van der Waals surface area contributed by atoms with Crippen molar-refractivity contribution in [3.8, 4) is 0 Å². The number of furan rings is 1. The Hall–Kier alpha value is -3.67. The van der Waals surface area contributed by atoms with Crippen LogP contribution in [0.25, 0.3) is 6.08 Å². The third-order valence-electron chi connectivity index (χ3n) is 3.53. The van der Waals surface area contributed by atoms with Gasteiger partial charge in [0.15, 0.2) is 5.76 Å². The quantitative estimate of drug-likeness (QED) is 0.670. The van der Waals surface area contributed by atoms with Crippen molar-refractivity contribution >= 4 is 23.6 Å². The molecule has 0 saturated heterocycles. The van der Waals surface area contributed by atoms with Crippen LogP contribution in [-0.4, -0.2) is 16.8 Å². The lowest BCUT2D eigenvalue weighted by atomic mass is 10.2. The summed E-state index contributed by atoms with van der Waals surface area (Å²) in [6.07, 6.45) is 7.97. The van der Waals surface area contributed by atoms with Crippen LogP contribution in [0.5, 0.6) is 0 Å². The van der Waals surface area contributed by atoms with Crippen molar-refractivity contribution in [2.24, 2.45) is 0 Å². The van der Waals surface area contributed by atoms with Crippen LogP contribution in [-0.2, 0) is 11.3 Å². The number of nitrogens with zero attached hydrogens (tertiary/aromatic N) is 1. The lowest BCUT2D eigenvalue weighted by Gasteiger charge is -2.07. The van der Waals surface area contributed by atoms with Crippen LogP contribution in [0.2, 0.25) is 0 Å². The minimum Gasteiger partial charge on any atom is -0.459 e. The van der Waals surface area contributed by atoms with Gasteiger partial charge in [0, 0.05) is 30.7 Å². The molecule has 2 aromatic heterocycles. The highest BCUT2D eigenvalue weighted by molar-refractivity contribution is 6.02. The summed E-state index contributed by atoms with van der Waals surface area (Å²) in [7, 11) is 0. The van der Waals surface area contributed by atoms with Crippen LogP contribution in [0, 0.1) is 0 Å². The van der Waals surface area contributed by atoms with Gasteiger partial charge in [0.2, 0.25) is 5.91 Å². The molecular weight excluding hydrogens is 330 g/mol. The van der Waals surface area contributed by atoms with Gasteiger partial charge in [-0.25, -0.2) is 0 Å². The summed E-state index contributed by atoms with van der Waals surface area (Å²) in [5.41, 5.74) is 2.40. The zero-order chi connectivity index (χ0) is 18.2. The van der Waals surface area contributed by atoms with Crippen molar-refractivity contribution in [2.75, 3.05) is 5.32 Å². The van der Waals surface area contributed by atoms with Gasteiger partial charge in [0.1, 0.15) is 0 Å². The summed E-state index contributed by atoms with van der Waals surface area (Å²) in [5, 5.41) is 5.56. The molecule has 0 unspecified atom stereocenters. The summed E-state index contributed by atoms with van der Waals surface area (Å²) >= 11 is 0. The molecule has 0 saturated carbocycles. The zero-order valence-corrected chi connectivity index (χ0v) is 13.9. The largest absolute Gasteiger partial charge is 0.459 e. The van der Waals surface area contributed by atoms with Gasteiger partial charge >= 0.3 is 0 Å². The van der Waals surface area contributed by atoms with E-state index in [1.807, 2.05) is 24.3 Å². The van der Waals surface area contributed by atoms with Gasteiger partial charge in [-0.1, -0.05) is 12.1 Å². The van der Waals surface area contributed by atoms with Crippen molar-refractivity contribution in [3.63, 3.8) is 0 Å². The van der Waals surface area contributed by atoms with Crippen LogP contribution in [0.15, 0.2) is 77.7 Å². The standard InChI is InChI=1S/C20H17N3O3/c24-19(7-6-15-8-10-21-11-9-15)22-14-16-3-1-4-17(13-16)23-20(25)18-5-2-12-26-18/h1-13H,14H2,(H,22,24)(H,23,25)/b7-6+. The Labute approximate surface area is 150 Å². The number of pyridine rings is 1. The second-order valence-corrected chi connectivity index (χ2v) is 5.46. The molecule has 0 atom stereocenters. The predicted octanol–water partition coefficient (Wildman–Crippen LogP) is 3.26. The normalized spacial score (nSPS) is 10.6. The van der Waals surface area contributed by atoms with E-state index in [2.05, 4.69) is 15.6 Å². The number of anilines is 1. The fourth-order valence-corrected chi connectivity index (χ4v) is 2.25. The van der Waals surface area contributed by atoms with E-state index in [0.717, 1.165) is 11.1 Å². The molecule has 0 fully saturated rings. The van der Waals surface area contributed by atoms with Gasteiger partial charge in [-0.2, -0.15) is 0 Å². The van der Waals surface area contributed by atoms with Gasteiger partial charge < -0.3 is 15.1 Å². The van der Waals surface area contributed by atoms with Gasteiger partial charge in [-0.3, -0.25) is 14.6 Å². The van der Waals surface area contributed by atoms with Crippen molar-refractivity contribution in [3.05, 3.63) is 90.2 Å². The third kappa shape index (κ3) is 4.91. The molecule has 6 heteroatoms. The molecule has 3 rings (SSSR count). The van der Waals surface area contributed by atoms with Crippen LogP contribution < -0.4 is 10.6 Å². The number of aromatic nitrogens is 1. The fraction of sp³-hybridized carbons (Fsp3) is 0.0500. The highest BCUT2D eigenvalue weighted by Gasteiger charge is 2.08. The van der Waals surface area contributed by atoms with E-state index in [-0.39, 0.29) is 17.6 Å². The number of nitrogens with one attached hydrogen (secondary N) is 2. The van der Waals surface area contributed by atoms with Gasteiger partial charge in [0.25, 0.3) is 5.91 Å². The van der Waals surface area contributed by atoms with E-state index >= 15 is 0 Å². The molecule has 0 aliphatic carbocycles. The van der Waals surface area contributed by atoms with E-state index in [1.54, 1.807) is 42.7 Å². The van der Waals surface area contributed by atoms with Gasteiger partial charge in [-0.15, -0.1) is 0 Å². The molecule has 2 heterocycles. The Morgan fingerprint density at radius 3 is 2.69 bits per heavy atom. The maximum Gasteiger partial charge on any atom is 0.291 e. The number of hydrogen-bond acceptors (Lipinski definition) is 4. The first kappa shape index (κ1) is 17.2. The molecule has 0 aliphatic heterocycles.